The summed E-state index contributed by atoms with van der Waals surface area (Å²) in [6.07, 6.45) is 5.40. The highest BCUT2D eigenvalue weighted by Gasteiger charge is 2.33. The number of rotatable bonds is 17. The number of aliphatic hydroxyl groups is 1. The predicted octanol–water partition coefficient (Wildman–Crippen LogP) is 6.44. The van der Waals surface area contributed by atoms with Crippen LogP contribution in [0.1, 0.15) is 65.7 Å². The molecule has 2 aliphatic rings. The SMILES string of the molecule is COc1nc(-c2cccc(-c3cccc4c3CC[C@@H]4Oc3nc(OCc4cncc(C#N)c4)c(CNC(C)(CO)C(=O)O)cc3Cl)c2Br)ccc1CNC[C@@H]1CCC(=O)N1. The van der Waals surface area contributed by atoms with Gasteiger partial charge in [-0.05, 0) is 82.6 Å². The normalized spacial score (nSPS) is 16.7. The minimum absolute atomic E-state index is 0.00929. The van der Waals surface area contributed by atoms with Gasteiger partial charge in [-0.25, -0.2) is 4.98 Å². The Kier molecular flexibility index (Phi) is 13.3. The Hall–Kier alpha value is -5.63. The van der Waals surface area contributed by atoms with Crippen LogP contribution in [-0.4, -0.2) is 68.9 Å². The monoisotopic (exact) mass is 895 g/mol. The smallest absolute Gasteiger partial charge is 0.326 e. The van der Waals surface area contributed by atoms with E-state index >= 15 is 0 Å². The van der Waals surface area contributed by atoms with Crippen LogP contribution in [0.5, 0.6) is 17.6 Å². The van der Waals surface area contributed by atoms with Crippen molar-refractivity contribution < 1.29 is 34.0 Å². The van der Waals surface area contributed by atoms with E-state index in [0.717, 1.165) is 56.4 Å². The van der Waals surface area contributed by atoms with Gasteiger partial charge in [0.2, 0.25) is 23.5 Å². The zero-order valence-corrected chi connectivity index (χ0v) is 35.3. The van der Waals surface area contributed by atoms with Crippen molar-refractivity contribution in [2.45, 2.75) is 70.0 Å². The maximum atomic E-state index is 11.9. The van der Waals surface area contributed by atoms with E-state index in [1.165, 1.54) is 13.1 Å². The third-order valence-electron chi connectivity index (χ3n) is 10.7. The van der Waals surface area contributed by atoms with Crippen molar-refractivity contribution in [1.29, 1.82) is 5.26 Å². The quantitative estimate of drug-likeness (QED) is 0.0684. The molecule has 2 aromatic carbocycles. The van der Waals surface area contributed by atoms with Gasteiger partial charge in [0.05, 0.1) is 25.0 Å². The number of nitrogens with zero attached hydrogens (tertiary/aromatic N) is 4. The van der Waals surface area contributed by atoms with Crippen molar-refractivity contribution in [3.05, 3.63) is 116 Å². The zero-order valence-electron chi connectivity index (χ0n) is 32.9. The molecule has 0 spiro atoms. The number of carbonyl (C=O) groups is 2. The van der Waals surface area contributed by atoms with Gasteiger partial charge in [-0.1, -0.05) is 54.1 Å². The zero-order chi connectivity index (χ0) is 42.4. The van der Waals surface area contributed by atoms with Crippen molar-refractivity contribution in [3.63, 3.8) is 0 Å². The number of nitriles is 1. The molecule has 310 valence electrons. The minimum atomic E-state index is -1.63. The lowest BCUT2D eigenvalue weighted by Gasteiger charge is -2.24. The fraction of sp³-hybridized carbons (Fsp3) is 0.318. The second kappa shape index (κ2) is 18.7. The van der Waals surface area contributed by atoms with Crippen LogP contribution in [0.4, 0.5) is 0 Å². The number of fused-ring (bicyclic) bond motifs is 1. The Balaban J connectivity index is 1.12. The summed E-state index contributed by atoms with van der Waals surface area (Å²) in [7, 11) is 1.61. The van der Waals surface area contributed by atoms with Gasteiger partial charge >= 0.3 is 5.97 Å². The standard InChI is InChI=1S/C44H43BrClN7O7/c1-44(24-54,43(56)57)50-21-28-16-35(46)42(53-41(28)59-23-26-15-25(17-47)18-48-19-26)60-37-13-11-31-30(5-3-6-32(31)37)33-7-4-8-34(39(33)45)36-12-9-27(40(52-36)58-2)20-49-22-29-10-14-38(55)51-29/h3-9,12,15-16,18-19,29,37,49-50,54H,10-11,13-14,20-24H2,1-2H3,(H,51,55)(H,56,57)/t29-,37-,44?/m0/s1. The first-order valence-electron chi connectivity index (χ1n) is 19.4. The first kappa shape index (κ1) is 42.5. The Bertz CT molecular complexity index is 2470. The van der Waals surface area contributed by atoms with Crippen LogP contribution in [0.15, 0.2) is 77.5 Å². The highest BCUT2D eigenvalue weighted by molar-refractivity contribution is 9.10. The van der Waals surface area contributed by atoms with E-state index < -0.39 is 18.1 Å². The molecule has 0 bridgehead atoms. The maximum Gasteiger partial charge on any atom is 0.326 e. The fourth-order valence-electron chi connectivity index (χ4n) is 7.30. The minimum Gasteiger partial charge on any atom is -0.481 e. The summed E-state index contributed by atoms with van der Waals surface area (Å²) in [5.41, 5.74) is 6.51. The molecule has 1 saturated heterocycles. The van der Waals surface area contributed by atoms with E-state index in [1.54, 1.807) is 25.4 Å². The van der Waals surface area contributed by atoms with E-state index in [9.17, 15) is 25.1 Å². The molecule has 5 N–H and O–H groups in total. The topological polar surface area (TPSA) is 201 Å². The van der Waals surface area contributed by atoms with Crippen LogP contribution in [0.2, 0.25) is 5.02 Å². The second-order valence-electron chi connectivity index (χ2n) is 14.9. The number of carboxylic acid groups (broad SMARTS) is 1. The summed E-state index contributed by atoms with van der Waals surface area (Å²) in [5, 5.41) is 38.3. The van der Waals surface area contributed by atoms with Gasteiger partial charge in [0.15, 0.2) is 0 Å². The number of hydrogen-bond acceptors (Lipinski definition) is 12. The predicted molar refractivity (Wildman–Crippen MR) is 226 cm³/mol. The molecule has 14 nitrogen and oxygen atoms in total. The summed E-state index contributed by atoms with van der Waals surface area (Å²) in [5.74, 6) is -0.347. The van der Waals surface area contributed by atoms with Crippen molar-refractivity contribution in [2.75, 3.05) is 20.3 Å². The first-order valence-corrected chi connectivity index (χ1v) is 20.5. The molecular formula is C44H43BrClN7O7. The lowest BCUT2D eigenvalue weighted by molar-refractivity contribution is -0.146. The maximum absolute atomic E-state index is 11.9. The highest BCUT2D eigenvalue weighted by Crippen LogP contribution is 2.45. The number of pyridine rings is 3. The van der Waals surface area contributed by atoms with Crippen molar-refractivity contribution in [3.8, 4) is 46.1 Å². The first-order chi connectivity index (χ1) is 29.0. The molecule has 5 aromatic rings. The number of amides is 1. The van der Waals surface area contributed by atoms with Crippen molar-refractivity contribution in [1.82, 2.24) is 30.9 Å². The Morgan fingerprint density at radius 2 is 1.82 bits per heavy atom. The number of nitrogens with one attached hydrogen (secondary N) is 3. The number of carboxylic acids is 1. The molecule has 16 heteroatoms. The lowest BCUT2D eigenvalue weighted by atomic mass is 9.95. The van der Waals surface area contributed by atoms with E-state index in [0.29, 0.717) is 48.5 Å². The lowest BCUT2D eigenvalue weighted by Crippen LogP contribution is -2.52. The van der Waals surface area contributed by atoms with Gasteiger partial charge in [0.25, 0.3) is 0 Å². The molecule has 3 aromatic heterocycles. The average molecular weight is 897 g/mol. The Morgan fingerprint density at radius 3 is 2.57 bits per heavy atom. The molecule has 4 heterocycles. The second-order valence-corrected chi connectivity index (χ2v) is 16.1. The van der Waals surface area contributed by atoms with E-state index in [4.69, 9.17) is 30.8 Å². The number of aromatic nitrogens is 3. The van der Waals surface area contributed by atoms with Crippen molar-refractivity contribution in [2.24, 2.45) is 0 Å². The molecule has 7 rings (SSSR count). The molecule has 1 amide bonds. The van der Waals surface area contributed by atoms with Crippen LogP contribution in [0, 0.1) is 11.3 Å². The molecule has 1 aliphatic heterocycles. The number of carbonyl (C=O) groups excluding carboxylic acids is 1. The molecule has 1 unspecified atom stereocenters. The van der Waals surface area contributed by atoms with Gasteiger partial charge in [0.1, 0.15) is 29.3 Å². The molecule has 0 radical (unpaired) electrons. The van der Waals surface area contributed by atoms with Crippen LogP contribution < -0.4 is 30.2 Å². The number of aliphatic hydroxyl groups excluding tert-OH is 1. The van der Waals surface area contributed by atoms with E-state index in [-0.39, 0.29) is 48.0 Å². The van der Waals surface area contributed by atoms with Gasteiger partial charge < -0.3 is 35.1 Å². The van der Waals surface area contributed by atoms with Gasteiger partial charge in [0, 0.05) is 71.2 Å². The molecule has 1 aliphatic carbocycles. The fourth-order valence-corrected chi connectivity index (χ4v) is 8.20. The number of ether oxygens (including phenoxy) is 3. The number of halogens is 2. The number of aliphatic carboxylic acids is 1. The Labute approximate surface area is 360 Å². The molecular weight excluding hydrogens is 854 g/mol. The van der Waals surface area contributed by atoms with Crippen LogP contribution in [0.25, 0.3) is 22.4 Å². The summed E-state index contributed by atoms with van der Waals surface area (Å²) >= 11 is 10.7. The largest absolute Gasteiger partial charge is 0.481 e. The third kappa shape index (κ3) is 9.38. The van der Waals surface area contributed by atoms with Crippen molar-refractivity contribution >= 4 is 39.4 Å². The summed E-state index contributed by atoms with van der Waals surface area (Å²) in [4.78, 5) is 37.1. The molecule has 3 atom stereocenters. The van der Waals surface area contributed by atoms with E-state index in [2.05, 4.69) is 60.1 Å². The van der Waals surface area contributed by atoms with Gasteiger partial charge in [-0.2, -0.15) is 10.2 Å². The van der Waals surface area contributed by atoms with Crippen LogP contribution in [0.3, 0.4) is 0 Å². The third-order valence-corrected chi connectivity index (χ3v) is 11.8. The summed E-state index contributed by atoms with van der Waals surface area (Å²) in [6.45, 7) is 1.90. The number of benzene rings is 2. The molecule has 0 saturated carbocycles. The average Bonchev–Trinajstić information content (AvgIpc) is 3.88. The molecule has 1 fully saturated rings. The molecule has 60 heavy (non-hydrogen) atoms. The highest BCUT2D eigenvalue weighted by atomic mass is 79.9. The van der Waals surface area contributed by atoms with Gasteiger partial charge in [-0.15, -0.1) is 0 Å². The Morgan fingerprint density at radius 1 is 1.02 bits per heavy atom. The van der Waals surface area contributed by atoms with Crippen LogP contribution in [-0.2, 0) is 35.7 Å². The summed E-state index contributed by atoms with van der Waals surface area (Å²) < 4.78 is 19.3. The van der Waals surface area contributed by atoms with Crippen LogP contribution >= 0.6 is 27.5 Å². The van der Waals surface area contributed by atoms with Gasteiger partial charge in [-0.3, -0.25) is 19.9 Å². The number of methoxy groups -OCH3 is 1. The summed E-state index contributed by atoms with van der Waals surface area (Å²) in [6, 6.07) is 21.6. The number of hydrogen-bond donors (Lipinski definition) is 5. The van der Waals surface area contributed by atoms with E-state index in [1.807, 2.05) is 36.4 Å².